The summed E-state index contributed by atoms with van der Waals surface area (Å²) in [4.78, 5) is 30.1. The summed E-state index contributed by atoms with van der Waals surface area (Å²) in [5, 5.41) is 13.5. The molecule has 0 bridgehead atoms. The molecule has 0 aliphatic heterocycles. The predicted octanol–water partition coefficient (Wildman–Crippen LogP) is 1.21. The van der Waals surface area contributed by atoms with Crippen molar-refractivity contribution in [3.63, 3.8) is 0 Å². The molecule has 0 unspecified atom stereocenters. The van der Waals surface area contributed by atoms with Gasteiger partial charge in [-0.3, -0.25) is 18.5 Å². The Morgan fingerprint density at radius 3 is 2.40 bits per heavy atom. The summed E-state index contributed by atoms with van der Waals surface area (Å²) < 4.78 is 9.50. The molecule has 0 atom stereocenters. The van der Waals surface area contributed by atoms with E-state index < -0.39 is 16.8 Å². The van der Waals surface area contributed by atoms with Crippen LogP contribution in [0.5, 0.6) is 5.75 Å². The maximum atomic E-state index is 13.0. The number of rotatable bonds is 6. The van der Waals surface area contributed by atoms with Gasteiger partial charge in [0.05, 0.1) is 25.8 Å². The number of hydrogen-bond donors (Lipinski definition) is 2. The van der Waals surface area contributed by atoms with Crippen LogP contribution in [0, 0.1) is 0 Å². The lowest BCUT2D eigenvalue weighted by Crippen LogP contribution is -2.40. The number of aromatic nitrogens is 4. The molecule has 1 saturated carbocycles. The van der Waals surface area contributed by atoms with Crippen LogP contribution in [0.3, 0.4) is 0 Å². The highest BCUT2D eigenvalue weighted by Gasteiger charge is 2.35. The number of aryl methyl sites for hydroxylation is 1. The van der Waals surface area contributed by atoms with E-state index in [4.69, 9.17) is 4.74 Å². The molecular weight excluding hydrogens is 386 g/mol. The van der Waals surface area contributed by atoms with Crippen LogP contribution in [-0.2, 0) is 20.6 Å². The Kier molecular flexibility index (Phi) is 5.15. The molecule has 30 heavy (non-hydrogen) atoms. The molecule has 0 saturated heterocycles. The van der Waals surface area contributed by atoms with E-state index in [2.05, 4.69) is 10.3 Å². The van der Waals surface area contributed by atoms with Gasteiger partial charge in [-0.25, -0.2) is 4.79 Å². The fourth-order valence-electron chi connectivity index (χ4n) is 4.22. The Labute approximate surface area is 173 Å². The summed E-state index contributed by atoms with van der Waals surface area (Å²) in [7, 11) is 4.69. The van der Waals surface area contributed by atoms with Crippen molar-refractivity contribution in [2.75, 3.05) is 19.0 Å². The van der Waals surface area contributed by atoms with Crippen molar-refractivity contribution < 1.29 is 9.84 Å². The van der Waals surface area contributed by atoms with Crippen molar-refractivity contribution in [1.82, 2.24) is 18.7 Å². The van der Waals surface area contributed by atoms with E-state index in [-0.39, 0.29) is 6.61 Å². The van der Waals surface area contributed by atoms with Gasteiger partial charge in [0.15, 0.2) is 11.2 Å². The Morgan fingerprint density at radius 2 is 1.80 bits per heavy atom. The van der Waals surface area contributed by atoms with Crippen molar-refractivity contribution in [3.8, 4) is 5.75 Å². The normalized spacial score (nSPS) is 15.6. The number of methoxy groups -OCH3 is 1. The van der Waals surface area contributed by atoms with Crippen LogP contribution >= 0.6 is 0 Å². The average Bonchev–Trinajstić information content (AvgIpc) is 3.37. The van der Waals surface area contributed by atoms with Gasteiger partial charge in [-0.2, -0.15) is 4.98 Å². The number of anilines is 1. The Bertz CT molecular complexity index is 1180. The van der Waals surface area contributed by atoms with Crippen molar-refractivity contribution >= 4 is 17.1 Å². The molecule has 0 spiro atoms. The fourth-order valence-corrected chi connectivity index (χ4v) is 4.22. The van der Waals surface area contributed by atoms with Crippen LogP contribution in [0.25, 0.3) is 11.2 Å². The molecule has 1 aliphatic rings. The lowest BCUT2D eigenvalue weighted by atomic mass is 9.99. The van der Waals surface area contributed by atoms with E-state index in [0.29, 0.717) is 23.7 Å². The monoisotopic (exact) mass is 413 g/mol. The number of hydrogen-bond acceptors (Lipinski definition) is 6. The smallest absolute Gasteiger partial charge is 0.332 e. The van der Waals surface area contributed by atoms with Crippen molar-refractivity contribution in [3.05, 3.63) is 50.7 Å². The summed E-state index contributed by atoms with van der Waals surface area (Å²) in [5.41, 5.74) is 0.341. The minimum absolute atomic E-state index is 0.0182. The summed E-state index contributed by atoms with van der Waals surface area (Å²) in [6, 6.07) is 7.58. The first-order valence-electron chi connectivity index (χ1n) is 10.1. The van der Waals surface area contributed by atoms with Gasteiger partial charge in [-0.15, -0.1) is 0 Å². The topological polar surface area (TPSA) is 103 Å². The number of imidazole rings is 1. The summed E-state index contributed by atoms with van der Waals surface area (Å²) in [5.74, 6) is 1.23. The van der Waals surface area contributed by atoms with Crippen LogP contribution in [0.4, 0.5) is 5.95 Å². The lowest BCUT2D eigenvalue weighted by molar-refractivity contribution is 0.213. The van der Waals surface area contributed by atoms with Gasteiger partial charge >= 0.3 is 5.69 Å². The summed E-state index contributed by atoms with van der Waals surface area (Å²) in [6.45, 7) is 0.369. The molecule has 1 fully saturated rings. The van der Waals surface area contributed by atoms with E-state index in [0.717, 1.165) is 41.6 Å². The summed E-state index contributed by atoms with van der Waals surface area (Å²) >= 11 is 0. The SMILES string of the molecule is COc1ccc(Cn2c(NC3(CO)CCCC3)nc3c2c(=O)n(C)c(=O)n3C)cc1. The molecular formula is C21H27N5O4. The second-order valence-corrected chi connectivity index (χ2v) is 8.02. The Morgan fingerprint density at radius 1 is 1.13 bits per heavy atom. The number of benzene rings is 1. The highest BCUT2D eigenvalue weighted by Crippen LogP contribution is 2.33. The third-order valence-corrected chi connectivity index (χ3v) is 6.09. The first-order valence-corrected chi connectivity index (χ1v) is 10.1. The fraction of sp³-hybridized carbons (Fsp3) is 0.476. The van der Waals surface area contributed by atoms with E-state index in [1.54, 1.807) is 18.7 Å². The van der Waals surface area contributed by atoms with Gasteiger partial charge in [0, 0.05) is 14.1 Å². The molecule has 9 heteroatoms. The number of ether oxygens (including phenoxy) is 1. The van der Waals surface area contributed by atoms with Gasteiger partial charge in [0.25, 0.3) is 5.56 Å². The number of aliphatic hydroxyl groups is 1. The molecule has 160 valence electrons. The van der Waals surface area contributed by atoms with Crippen LogP contribution in [0.1, 0.15) is 31.2 Å². The van der Waals surface area contributed by atoms with Crippen molar-refractivity contribution in [1.29, 1.82) is 0 Å². The molecule has 9 nitrogen and oxygen atoms in total. The molecule has 2 N–H and O–H groups in total. The van der Waals surface area contributed by atoms with Crippen molar-refractivity contribution in [2.45, 2.75) is 37.8 Å². The number of aliphatic hydroxyl groups excluding tert-OH is 1. The van der Waals surface area contributed by atoms with Gasteiger partial charge < -0.3 is 15.2 Å². The van der Waals surface area contributed by atoms with E-state index in [1.165, 1.54) is 11.6 Å². The molecule has 1 aliphatic carbocycles. The second-order valence-electron chi connectivity index (χ2n) is 8.02. The average molecular weight is 413 g/mol. The second kappa shape index (κ2) is 7.64. The third kappa shape index (κ3) is 3.28. The molecule has 0 radical (unpaired) electrons. The zero-order chi connectivity index (χ0) is 21.5. The number of nitrogens with one attached hydrogen (secondary N) is 1. The Hall–Kier alpha value is -3.07. The highest BCUT2D eigenvalue weighted by atomic mass is 16.5. The van der Waals surface area contributed by atoms with Gasteiger partial charge in [0.2, 0.25) is 5.95 Å². The van der Waals surface area contributed by atoms with E-state index >= 15 is 0 Å². The maximum Gasteiger partial charge on any atom is 0.332 e. The van der Waals surface area contributed by atoms with Gasteiger partial charge in [-0.1, -0.05) is 25.0 Å². The third-order valence-electron chi connectivity index (χ3n) is 6.09. The standard InChI is InChI=1S/C21H27N5O4/c1-24-17-16(18(28)25(2)20(24)29)26(12-14-6-8-15(30-3)9-7-14)19(22-17)23-21(13-27)10-4-5-11-21/h6-9,27H,4-5,10-13H2,1-3H3,(H,22,23). The minimum Gasteiger partial charge on any atom is -0.497 e. The summed E-state index contributed by atoms with van der Waals surface area (Å²) in [6.07, 6.45) is 3.69. The van der Waals surface area contributed by atoms with Gasteiger partial charge in [-0.05, 0) is 30.5 Å². The predicted molar refractivity (Wildman–Crippen MR) is 114 cm³/mol. The largest absolute Gasteiger partial charge is 0.497 e. The molecule has 1 aromatic carbocycles. The molecule has 4 rings (SSSR count). The highest BCUT2D eigenvalue weighted by molar-refractivity contribution is 5.74. The number of fused-ring (bicyclic) bond motifs is 1. The quantitative estimate of drug-likeness (QED) is 0.630. The maximum absolute atomic E-state index is 13.0. The van der Waals surface area contributed by atoms with E-state index in [9.17, 15) is 14.7 Å². The van der Waals surface area contributed by atoms with Gasteiger partial charge in [0.1, 0.15) is 5.75 Å². The molecule has 3 aromatic rings. The van der Waals surface area contributed by atoms with E-state index in [1.807, 2.05) is 24.3 Å². The number of nitrogens with zero attached hydrogens (tertiary/aromatic N) is 4. The molecule has 0 amide bonds. The zero-order valence-corrected chi connectivity index (χ0v) is 17.5. The van der Waals surface area contributed by atoms with Crippen LogP contribution < -0.4 is 21.3 Å². The Balaban J connectivity index is 1.89. The molecule has 2 aromatic heterocycles. The molecule has 2 heterocycles. The lowest BCUT2D eigenvalue weighted by Gasteiger charge is -2.28. The van der Waals surface area contributed by atoms with Crippen molar-refractivity contribution in [2.24, 2.45) is 14.1 Å². The first kappa shape index (κ1) is 20.2. The van der Waals surface area contributed by atoms with Crippen LogP contribution in [-0.4, -0.2) is 43.0 Å². The minimum atomic E-state index is -0.469. The zero-order valence-electron chi connectivity index (χ0n) is 17.5. The van der Waals surface area contributed by atoms with Crippen LogP contribution in [0.2, 0.25) is 0 Å². The first-order chi connectivity index (χ1) is 14.4. The van der Waals surface area contributed by atoms with Crippen LogP contribution in [0.15, 0.2) is 33.9 Å².